The van der Waals surface area contributed by atoms with Gasteiger partial charge < -0.3 is 25.0 Å². The Labute approximate surface area is 213 Å². The van der Waals surface area contributed by atoms with Crippen molar-refractivity contribution >= 4 is 17.7 Å². The first-order chi connectivity index (χ1) is 17.8. The van der Waals surface area contributed by atoms with Gasteiger partial charge in [-0.2, -0.15) is 8.78 Å². The summed E-state index contributed by atoms with van der Waals surface area (Å²) in [6.45, 7) is -0.0404. The van der Waals surface area contributed by atoms with Gasteiger partial charge in [0.2, 0.25) is 11.8 Å². The fraction of sp³-hybridized carbons (Fsp3) is 0.444. The fourth-order valence-electron chi connectivity index (χ4n) is 4.95. The molecule has 1 aliphatic carbocycles. The fourth-order valence-corrected chi connectivity index (χ4v) is 4.95. The summed E-state index contributed by atoms with van der Waals surface area (Å²) in [7, 11) is 0. The molecule has 8 nitrogen and oxygen atoms in total. The number of carbonyl (C=O) groups excluding carboxylic acids is 3. The molecule has 0 radical (unpaired) electrons. The normalized spacial score (nSPS) is 20.5. The predicted octanol–water partition coefficient (Wildman–Crippen LogP) is 3.34. The van der Waals surface area contributed by atoms with Crippen LogP contribution in [-0.4, -0.2) is 48.4 Å². The van der Waals surface area contributed by atoms with E-state index in [9.17, 15) is 23.2 Å². The smallest absolute Gasteiger partial charge is 0.387 e. The van der Waals surface area contributed by atoms with E-state index < -0.39 is 12.7 Å². The molecule has 2 aromatic rings. The second kappa shape index (κ2) is 10.4. The topological polar surface area (TPSA) is 97.0 Å². The Bertz CT molecular complexity index is 1220. The van der Waals surface area contributed by atoms with Crippen LogP contribution in [0.5, 0.6) is 11.5 Å². The average Bonchev–Trinajstić information content (AvgIpc) is 3.47. The molecule has 37 heavy (non-hydrogen) atoms. The van der Waals surface area contributed by atoms with Gasteiger partial charge in [0.1, 0.15) is 6.04 Å². The van der Waals surface area contributed by atoms with Crippen molar-refractivity contribution in [1.29, 1.82) is 0 Å². The molecule has 2 aromatic carbocycles. The third kappa shape index (κ3) is 5.68. The molecule has 0 aromatic heterocycles. The third-order valence-electron chi connectivity index (χ3n) is 7.16. The number of carbonyl (C=O) groups is 3. The summed E-state index contributed by atoms with van der Waals surface area (Å²) in [6, 6.07) is 9.61. The SMILES string of the molecule is CC(=O)N1CC(c2ccc(OC(F)F)c(OCC3CC3)c2)C[C@@H]1C(=O)NCc1ccc2c(c1)CNC2=O. The van der Waals surface area contributed by atoms with Gasteiger partial charge in [-0.3, -0.25) is 14.4 Å². The van der Waals surface area contributed by atoms with Crippen LogP contribution in [0.4, 0.5) is 8.78 Å². The molecule has 196 valence electrons. The van der Waals surface area contributed by atoms with E-state index in [0.29, 0.717) is 37.6 Å². The van der Waals surface area contributed by atoms with Crippen LogP contribution in [0.25, 0.3) is 0 Å². The number of rotatable bonds is 9. The summed E-state index contributed by atoms with van der Waals surface area (Å²) in [6.07, 6.45) is 2.50. The van der Waals surface area contributed by atoms with Crippen molar-refractivity contribution in [3.63, 3.8) is 0 Å². The second-order valence-corrected chi connectivity index (χ2v) is 9.85. The Morgan fingerprint density at radius 2 is 1.97 bits per heavy atom. The second-order valence-electron chi connectivity index (χ2n) is 9.85. The minimum absolute atomic E-state index is 0.0265. The average molecular weight is 514 g/mol. The van der Waals surface area contributed by atoms with E-state index in [0.717, 1.165) is 29.5 Å². The maximum absolute atomic E-state index is 13.1. The Kier molecular flexibility index (Phi) is 6.99. The number of benzene rings is 2. The van der Waals surface area contributed by atoms with Crippen LogP contribution in [0.2, 0.25) is 0 Å². The van der Waals surface area contributed by atoms with Crippen LogP contribution >= 0.6 is 0 Å². The number of hydrogen-bond donors (Lipinski definition) is 2. The zero-order valence-electron chi connectivity index (χ0n) is 20.5. The molecule has 2 N–H and O–H groups in total. The first kappa shape index (κ1) is 25.0. The van der Waals surface area contributed by atoms with E-state index >= 15 is 0 Å². The zero-order valence-corrected chi connectivity index (χ0v) is 20.5. The maximum Gasteiger partial charge on any atom is 0.387 e. The van der Waals surface area contributed by atoms with Crippen molar-refractivity contribution in [2.75, 3.05) is 13.2 Å². The van der Waals surface area contributed by atoms with Gasteiger partial charge in [-0.25, -0.2) is 0 Å². The summed E-state index contributed by atoms with van der Waals surface area (Å²) in [5.41, 5.74) is 3.19. The van der Waals surface area contributed by atoms with E-state index in [1.807, 2.05) is 6.07 Å². The number of likely N-dealkylation sites (tertiary alicyclic amines) is 1. The summed E-state index contributed by atoms with van der Waals surface area (Å²) in [5.74, 6) is -0.103. The van der Waals surface area contributed by atoms with Gasteiger partial charge in [0.25, 0.3) is 5.91 Å². The van der Waals surface area contributed by atoms with Gasteiger partial charge in [0.05, 0.1) is 6.61 Å². The molecule has 1 unspecified atom stereocenters. The molecule has 3 aliphatic rings. The maximum atomic E-state index is 13.1. The molecule has 2 atom stereocenters. The highest BCUT2D eigenvalue weighted by Crippen LogP contribution is 2.39. The monoisotopic (exact) mass is 513 g/mol. The first-order valence-corrected chi connectivity index (χ1v) is 12.4. The van der Waals surface area contributed by atoms with E-state index in [1.165, 1.54) is 13.0 Å². The van der Waals surface area contributed by atoms with Crippen LogP contribution in [0.1, 0.15) is 59.2 Å². The minimum Gasteiger partial charge on any atom is -0.489 e. The number of halogens is 2. The van der Waals surface area contributed by atoms with Crippen molar-refractivity contribution in [1.82, 2.24) is 15.5 Å². The van der Waals surface area contributed by atoms with Gasteiger partial charge >= 0.3 is 6.61 Å². The molecule has 1 saturated carbocycles. The van der Waals surface area contributed by atoms with Gasteiger partial charge in [-0.1, -0.05) is 18.2 Å². The summed E-state index contributed by atoms with van der Waals surface area (Å²) < 4.78 is 36.2. The number of alkyl halides is 2. The standard InChI is InChI=1S/C27H29F2N3O5/c1-15(33)32-13-20(18-5-7-23(37-27(28)29)24(10-18)36-14-16-2-3-16)9-22(32)26(35)30-11-17-4-6-21-19(8-17)12-31-25(21)34/h4-8,10,16,20,22,27H,2-3,9,11-14H2,1H3,(H,30,35)(H,31,34)/t20?,22-/m1/s1. The molecule has 5 rings (SSSR count). The number of hydrogen-bond acceptors (Lipinski definition) is 5. The molecule has 0 bridgehead atoms. The van der Waals surface area contributed by atoms with Crippen molar-refractivity contribution in [2.45, 2.75) is 57.8 Å². The number of amides is 3. The summed E-state index contributed by atoms with van der Waals surface area (Å²) >= 11 is 0. The lowest BCUT2D eigenvalue weighted by atomic mass is 9.95. The van der Waals surface area contributed by atoms with E-state index in [4.69, 9.17) is 4.74 Å². The molecule has 1 saturated heterocycles. The Balaban J connectivity index is 1.27. The molecule has 0 spiro atoms. The lowest BCUT2D eigenvalue weighted by Crippen LogP contribution is -2.44. The van der Waals surface area contributed by atoms with Crippen molar-refractivity contribution in [3.05, 3.63) is 58.7 Å². The minimum atomic E-state index is -2.97. The van der Waals surface area contributed by atoms with E-state index in [-0.39, 0.29) is 41.7 Å². The number of nitrogens with one attached hydrogen (secondary N) is 2. The molecule has 2 heterocycles. The highest BCUT2D eigenvalue weighted by Gasteiger charge is 2.39. The Morgan fingerprint density at radius 3 is 2.70 bits per heavy atom. The van der Waals surface area contributed by atoms with Crippen LogP contribution in [0, 0.1) is 5.92 Å². The Hall–Kier alpha value is -3.69. The molecule has 3 amide bonds. The van der Waals surface area contributed by atoms with Crippen molar-refractivity contribution < 1.29 is 32.6 Å². The van der Waals surface area contributed by atoms with Gasteiger partial charge in [0, 0.05) is 38.0 Å². The molecular weight excluding hydrogens is 484 g/mol. The largest absolute Gasteiger partial charge is 0.489 e. The molecular formula is C27H29F2N3O5. The van der Waals surface area contributed by atoms with E-state index in [1.54, 1.807) is 29.2 Å². The predicted molar refractivity (Wildman–Crippen MR) is 129 cm³/mol. The Morgan fingerprint density at radius 1 is 1.16 bits per heavy atom. The quantitative estimate of drug-likeness (QED) is 0.536. The summed E-state index contributed by atoms with van der Waals surface area (Å²) in [5, 5.41) is 5.68. The number of fused-ring (bicyclic) bond motifs is 1. The summed E-state index contributed by atoms with van der Waals surface area (Å²) in [4.78, 5) is 38.8. The number of ether oxygens (including phenoxy) is 2. The third-order valence-corrected chi connectivity index (χ3v) is 7.16. The lowest BCUT2D eigenvalue weighted by Gasteiger charge is -2.22. The molecule has 10 heteroatoms. The van der Waals surface area contributed by atoms with Crippen molar-refractivity contribution in [2.24, 2.45) is 5.92 Å². The first-order valence-electron chi connectivity index (χ1n) is 12.4. The van der Waals surface area contributed by atoms with E-state index in [2.05, 4.69) is 15.4 Å². The van der Waals surface area contributed by atoms with Gasteiger partial charge in [-0.05, 0) is 60.1 Å². The molecule has 2 aliphatic heterocycles. The van der Waals surface area contributed by atoms with Gasteiger partial charge in [0.15, 0.2) is 11.5 Å². The van der Waals surface area contributed by atoms with Crippen LogP contribution in [0.3, 0.4) is 0 Å². The zero-order chi connectivity index (χ0) is 26.1. The van der Waals surface area contributed by atoms with Gasteiger partial charge in [-0.15, -0.1) is 0 Å². The highest BCUT2D eigenvalue weighted by molar-refractivity contribution is 5.98. The van der Waals surface area contributed by atoms with Crippen LogP contribution in [-0.2, 0) is 22.7 Å². The number of nitrogens with zero attached hydrogens (tertiary/aromatic N) is 1. The molecule has 2 fully saturated rings. The van der Waals surface area contributed by atoms with Crippen molar-refractivity contribution in [3.8, 4) is 11.5 Å². The van der Waals surface area contributed by atoms with Crippen LogP contribution < -0.4 is 20.1 Å². The lowest BCUT2D eigenvalue weighted by molar-refractivity contribution is -0.136. The highest BCUT2D eigenvalue weighted by atomic mass is 19.3. The van der Waals surface area contributed by atoms with Crippen LogP contribution in [0.15, 0.2) is 36.4 Å².